The van der Waals surface area contributed by atoms with Crippen molar-refractivity contribution >= 4 is 48.4 Å². The number of carbonyl (C=O) groups excluding carboxylic acids is 2. The van der Waals surface area contributed by atoms with Crippen LogP contribution in [-0.4, -0.2) is 31.4 Å². The molecular weight excluding hydrogens is 355 g/mol. The molecule has 1 aliphatic rings. The number of rotatable bonds is 3. The fourth-order valence-corrected chi connectivity index (χ4v) is 3.52. The third kappa shape index (κ3) is 3.49. The zero-order chi connectivity index (χ0) is 19.1. The van der Waals surface area contributed by atoms with Crippen molar-refractivity contribution in [2.75, 3.05) is 18.2 Å². The van der Waals surface area contributed by atoms with Gasteiger partial charge in [0.1, 0.15) is 0 Å². The van der Waals surface area contributed by atoms with Gasteiger partial charge in [0.05, 0.1) is 17.1 Å². The molecule has 0 spiro atoms. The summed E-state index contributed by atoms with van der Waals surface area (Å²) in [6.45, 7) is 7.19. The van der Waals surface area contributed by atoms with E-state index in [0.29, 0.717) is 38.3 Å². The standard InChI is InChI=1S/C19H20ClN2O2P/c1-11-7-16(20)14(8-15(10-21)25(4,5)6)9-17(11)22-18(23)12(2)13(3)19(22)24/h7-9H,4H2,1-3,5-6H3/b15-8+. The van der Waals surface area contributed by atoms with Crippen molar-refractivity contribution in [2.45, 2.75) is 20.8 Å². The molecule has 25 heavy (non-hydrogen) atoms. The quantitative estimate of drug-likeness (QED) is 0.446. The summed E-state index contributed by atoms with van der Waals surface area (Å²) >= 11 is 6.33. The molecule has 2 amide bonds. The molecule has 1 aromatic rings. The van der Waals surface area contributed by atoms with Gasteiger partial charge in [0.15, 0.2) is 0 Å². The zero-order valence-electron chi connectivity index (χ0n) is 15.0. The van der Waals surface area contributed by atoms with Crippen LogP contribution in [0.2, 0.25) is 5.02 Å². The number of amides is 2. The Morgan fingerprint density at radius 2 is 1.72 bits per heavy atom. The van der Waals surface area contributed by atoms with E-state index in [-0.39, 0.29) is 11.8 Å². The van der Waals surface area contributed by atoms with Crippen molar-refractivity contribution < 1.29 is 9.59 Å². The summed E-state index contributed by atoms with van der Waals surface area (Å²) in [5, 5.41) is 10.4. The number of benzene rings is 1. The molecule has 0 aromatic heterocycles. The average Bonchev–Trinajstić information content (AvgIpc) is 2.70. The SMILES string of the molecule is C=P(C)(C)/C(C#N)=C/c1cc(N2C(=O)C(C)=C(C)C2=O)c(C)cc1Cl. The van der Waals surface area contributed by atoms with Crippen molar-refractivity contribution in [1.82, 2.24) is 0 Å². The van der Waals surface area contributed by atoms with E-state index < -0.39 is 6.89 Å². The van der Waals surface area contributed by atoms with Gasteiger partial charge in [-0.15, -0.1) is 0 Å². The van der Waals surface area contributed by atoms with Crippen LogP contribution in [0.5, 0.6) is 0 Å². The summed E-state index contributed by atoms with van der Waals surface area (Å²) in [7, 11) is 0. The van der Waals surface area contributed by atoms with Crippen LogP contribution in [0.1, 0.15) is 25.0 Å². The van der Waals surface area contributed by atoms with Crippen LogP contribution in [0, 0.1) is 18.3 Å². The summed E-state index contributed by atoms with van der Waals surface area (Å²) in [5.74, 6) is -0.651. The summed E-state index contributed by atoms with van der Waals surface area (Å²) < 4.78 is 0. The first-order valence-electron chi connectivity index (χ1n) is 7.66. The molecular formula is C19H20ClN2O2P. The second-order valence-electron chi connectivity index (χ2n) is 6.68. The van der Waals surface area contributed by atoms with E-state index in [1.54, 1.807) is 39.0 Å². The molecule has 0 saturated carbocycles. The number of halogens is 1. The van der Waals surface area contributed by atoms with Crippen LogP contribution < -0.4 is 4.90 Å². The maximum atomic E-state index is 12.5. The Morgan fingerprint density at radius 1 is 1.20 bits per heavy atom. The maximum absolute atomic E-state index is 12.5. The molecule has 0 unspecified atom stereocenters. The van der Waals surface area contributed by atoms with Crippen LogP contribution in [0.15, 0.2) is 28.6 Å². The van der Waals surface area contributed by atoms with E-state index in [4.69, 9.17) is 11.6 Å². The van der Waals surface area contributed by atoms with Crippen LogP contribution >= 0.6 is 18.5 Å². The second kappa shape index (κ2) is 6.67. The highest BCUT2D eigenvalue weighted by atomic mass is 35.5. The lowest BCUT2D eigenvalue weighted by atomic mass is 10.1. The van der Waals surface area contributed by atoms with E-state index in [2.05, 4.69) is 12.4 Å². The lowest BCUT2D eigenvalue weighted by molar-refractivity contribution is -0.120. The third-order valence-electron chi connectivity index (χ3n) is 4.23. The van der Waals surface area contributed by atoms with Crippen molar-refractivity contribution in [3.63, 3.8) is 0 Å². The molecule has 1 aromatic carbocycles. The van der Waals surface area contributed by atoms with Gasteiger partial charge in [-0.3, -0.25) is 9.59 Å². The summed E-state index contributed by atoms with van der Waals surface area (Å²) in [5.41, 5.74) is 2.68. The molecule has 0 bridgehead atoms. The third-order valence-corrected chi connectivity index (χ3v) is 6.09. The molecule has 0 N–H and O–H groups in total. The molecule has 130 valence electrons. The maximum Gasteiger partial charge on any atom is 0.261 e. The van der Waals surface area contributed by atoms with E-state index in [9.17, 15) is 14.9 Å². The fraction of sp³-hybridized carbons (Fsp3) is 0.263. The monoisotopic (exact) mass is 374 g/mol. The van der Waals surface area contributed by atoms with Crippen LogP contribution in [0.4, 0.5) is 5.69 Å². The predicted molar refractivity (Wildman–Crippen MR) is 107 cm³/mol. The number of hydrogen-bond acceptors (Lipinski definition) is 3. The fourth-order valence-electron chi connectivity index (χ4n) is 2.49. The first-order valence-corrected chi connectivity index (χ1v) is 10.9. The Bertz CT molecular complexity index is 921. The largest absolute Gasteiger partial charge is 0.269 e. The minimum Gasteiger partial charge on any atom is -0.269 e. The minimum absolute atomic E-state index is 0.326. The highest BCUT2D eigenvalue weighted by Crippen LogP contribution is 2.46. The molecule has 1 aliphatic heterocycles. The number of anilines is 1. The van der Waals surface area contributed by atoms with Crippen molar-refractivity contribution in [3.8, 4) is 6.07 Å². The number of aryl methyl sites for hydroxylation is 1. The first-order chi connectivity index (χ1) is 11.5. The van der Waals surface area contributed by atoms with E-state index in [1.165, 1.54) is 4.90 Å². The van der Waals surface area contributed by atoms with E-state index >= 15 is 0 Å². The molecule has 4 nitrogen and oxygen atoms in total. The van der Waals surface area contributed by atoms with Gasteiger partial charge in [-0.25, -0.2) is 4.90 Å². The van der Waals surface area contributed by atoms with Crippen molar-refractivity contribution in [3.05, 3.63) is 44.7 Å². The summed E-state index contributed by atoms with van der Waals surface area (Å²) in [6.07, 6.45) is 5.78. The molecule has 0 fully saturated rings. The normalized spacial score (nSPS) is 15.9. The Labute approximate surface area is 153 Å². The number of nitrogens with zero attached hydrogens (tertiary/aromatic N) is 2. The number of hydrogen-bond donors (Lipinski definition) is 0. The van der Waals surface area contributed by atoms with Gasteiger partial charge in [0.25, 0.3) is 11.8 Å². The highest BCUT2D eigenvalue weighted by molar-refractivity contribution is 7.76. The Kier molecular flexibility index (Phi) is 5.14. The zero-order valence-corrected chi connectivity index (χ0v) is 16.6. The first kappa shape index (κ1) is 19.2. The van der Waals surface area contributed by atoms with Gasteiger partial charge in [0, 0.05) is 16.2 Å². The molecule has 0 radical (unpaired) electrons. The molecule has 0 saturated heterocycles. The van der Waals surface area contributed by atoms with E-state index in [0.717, 1.165) is 0 Å². The molecule has 0 aliphatic carbocycles. The highest BCUT2D eigenvalue weighted by Gasteiger charge is 2.35. The van der Waals surface area contributed by atoms with Gasteiger partial charge >= 0.3 is 0 Å². The van der Waals surface area contributed by atoms with Gasteiger partial charge in [-0.2, -0.15) is 5.26 Å². The average molecular weight is 375 g/mol. The Balaban J connectivity index is 2.64. The lowest BCUT2D eigenvalue weighted by Crippen LogP contribution is -2.32. The van der Waals surface area contributed by atoms with E-state index in [1.807, 2.05) is 13.3 Å². The number of nitriles is 1. The van der Waals surface area contributed by atoms with Crippen molar-refractivity contribution in [1.29, 1.82) is 5.26 Å². The van der Waals surface area contributed by atoms with Crippen LogP contribution in [-0.2, 0) is 9.59 Å². The topological polar surface area (TPSA) is 61.2 Å². The predicted octanol–water partition coefficient (Wildman–Crippen LogP) is 4.43. The van der Waals surface area contributed by atoms with Gasteiger partial charge < -0.3 is 0 Å². The number of allylic oxidation sites excluding steroid dienone is 1. The summed E-state index contributed by atoms with van der Waals surface area (Å²) in [6, 6.07) is 5.58. The Hall–Kier alpha value is -2.08. The smallest absolute Gasteiger partial charge is 0.261 e. The van der Waals surface area contributed by atoms with Crippen molar-refractivity contribution in [2.24, 2.45) is 0 Å². The molecule has 0 atom stereocenters. The van der Waals surface area contributed by atoms with Gasteiger partial charge in [0.2, 0.25) is 0 Å². The van der Waals surface area contributed by atoms with Crippen LogP contribution in [0.25, 0.3) is 6.08 Å². The Morgan fingerprint density at radius 3 is 2.16 bits per heavy atom. The molecule has 1 heterocycles. The second-order valence-corrected chi connectivity index (χ2v) is 10.9. The minimum atomic E-state index is -1.77. The number of carbonyl (C=O) groups is 2. The summed E-state index contributed by atoms with van der Waals surface area (Å²) in [4.78, 5) is 26.1. The lowest BCUT2D eigenvalue weighted by Gasteiger charge is -2.19. The molecule has 2 rings (SSSR count). The van der Waals surface area contributed by atoms with Gasteiger partial charge in [-0.1, -0.05) is 24.8 Å². The molecule has 6 heteroatoms. The number of imide groups is 1. The van der Waals surface area contributed by atoms with Gasteiger partial charge in [-0.05, 0) is 63.4 Å². The van der Waals surface area contributed by atoms with Crippen LogP contribution in [0.3, 0.4) is 0 Å².